The molecule has 4 rings (SSSR count). The van der Waals surface area contributed by atoms with Crippen molar-refractivity contribution < 1.29 is 4.79 Å². The van der Waals surface area contributed by atoms with Gasteiger partial charge in [-0.1, -0.05) is 6.07 Å². The van der Waals surface area contributed by atoms with E-state index in [1.807, 2.05) is 35.9 Å². The first-order valence-corrected chi connectivity index (χ1v) is 9.13. The molecule has 1 aliphatic heterocycles. The molecule has 0 aliphatic carbocycles. The molecule has 1 aliphatic rings. The molecule has 27 heavy (non-hydrogen) atoms. The van der Waals surface area contributed by atoms with E-state index in [2.05, 4.69) is 32.4 Å². The van der Waals surface area contributed by atoms with Crippen LogP contribution >= 0.6 is 0 Å². The van der Waals surface area contributed by atoms with E-state index in [4.69, 9.17) is 0 Å². The van der Waals surface area contributed by atoms with E-state index >= 15 is 0 Å². The van der Waals surface area contributed by atoms with Crippen LogP contribution in [-0.2, 0) is 0 Å². The van der Waals surface area contributed by atoms with Crippen LogP contribution in [-0.4, -0.2) is 55.5 Å². The average molecular weight is 365 g/mol. The van der Waals surface area contributed by atoms with Crippen molar-refractivity contribution in [2.75, 3.05) is 25.5 Å². The van der Waals surface area contributed by atoms with E-state index < -0.39 is 0 Å². The summed E-state index contributed by atoms with van der Waals surface area (Å²) in [6.07, 6.45) is 7.07. The number of anilines is 1. The van der Waals surface area contributed by atoms with E-state index in [1.54, 1.807) is 23.3 Å². The van der Waals surface area contributed by atoms with Crippen LogP contribution in [0.25, 0.3) is 5.82 Å². The molecule has 0 radical (unpaired) electrons. The number of nitrogens with zero attached hydrogens (tertiary/aromatic N) is 6. The van der Waals surface area contributed by atoms with E-state index in [1.165, 1.54) is 0 Å². The number of pyridine rings is 1. The Balaban J connectivity index is 1.53. The number of aromatic nitrogens is 5. The lowest BCUT2D eigenvalue weighted by molar-refractivity contribution is 0.102. The number of hydrogen-bond acceptors (Lipinski definition) is 5. The molecule has 3 aromatic heterocycles. The molecule has 1 saturated heterocycles. The molecule has 8 heteroatoms. The molecule has 0 saturated carbocycles. The molecule has 1 fully saturated rings. The number of amides is 1. The van der Waals surface area contributed by atoms with E-state index in [0.29, 0.717) is 17.4 Å². The van der Waals surface area contributed by atoms with Gasteiger partial charge >= 0.3 is 0 Å². The highest BCUT2D eigenvalue weighted by molar-refractivity contribution is 6.04. The molecule has 0 aromatic carbocycles. The average Bonchev–Trinajstić information content (AvgIpc) is 3.30. The molecule has 0 unspecified atom stereocenters. The number of hydrogen-bond donors (Lipinski definition) is 1. The molecule has 1 N–H and O–H groups in total. The maximum Gasteiger partial charge on any atom is 0.260 e. The number of carbonyl (C=O) groups excluding carboxylic acids is 1. The standard InChI is InChI=1S/C19H23N7O/c1-14-16(13-22-25(14)17-5-3-4-9-20-17)19(27)23-18-6-10-21-26(18)15-7-11-24(2)12-8-15/h3-6,9-10,13,15H,7-8,11-12H2,1-2H3,(H,23,27). The third kappa shape index (κ3) is 3.48. The van der Waals surface area contributed by atoms with Gasteiger partial charge in [0.15, 0.2) is 5.82 Å². The molecule has 1 amide bonds. The van der Waals surface area contributed by atoms with Gasteiger partial charge in [-0.15, -0.1) is 0 Å². The molecular formula is C19H23N7O. The Morgan fingerprint density at radius 3 is 2.70 bits per heavy atom. The topological polar surface area (TPSA) is 80.9 Å². The van der Waals surface area contributed by atoms with Crippen LogP contribution in [0.3, 0.4) is 0 Å². The fourth-order valence-corrected chi connectivity index (χ4v) is 3.47. The Morgan fingerprint density at radius 1 is 1.15 bits per heavy atom. The van der Waals surface area contributed by atoms with Crippen LogP contribution in [0, 0.1) is 6.92 Å². The number of likely N-dealkylation sites (tertiary alicyclic amines) is 1. The zero-order valence-electron chi connectivity index (χ0n) is 15.5. The van der Waals surface area contributed by atoms with Gasteiger partial charge in [0.1, 0.15) is 5.82 Å². The zero-order valence-corrected chi connectivity index (χ0v) is 15.5. The van der Waals surface area contributed by atoms with Crippen molar-refractivity contribution >= 4 is 11.7 Å². The minimum atomic E-state index is -0.190. The minimum Gasteiger partial charge on any atom is -0.307 e. The lowest BCUT2D eigenvalue weighted by Gasteiger charge is -2.29. The van der Waals surface area contributed by atoms with Crippen LogP contribution in [0.15, 0.2) is 42.9 Å². The lowest BCUT2D eigenvalue weighted by Crippen LogP contribution is -2.32. The van der Waals surface area contributed by atoms with Gasteiger partial charge in [-0.25, -0.2) is 14.3 Å². The molecular weight excluding hydrogens is 342 g/mol. The molecule has 8 nitrogen and oxygen atoms in total. The summed E-state index contributed by atoms with van der Waals surface area (Å²) < 4.78 is 3.60. The Kier molecular flexibility index (Phi) is 4.72. The fraction of sp³-hybridized carbons (Fsp3) is 0.368. The van der Waals surface area contributed by atoms with Crippen LogP contribution in [0.2, 0.25) is 0 Å². The molecule has 4 heterocycles. The molecule has 3 aromatic rings. The van der Waals surface area contributed by atoms with Crippen molar-refractivity contribution in [3.8, 4) is 5.82 Å². The molecule has 0 spiro atoms. The summed E-state index contributed by atoms with van der Waals surface area (Å²) in [6.45, 7) is 3.94. The van der Waals surface area contributed by atoms with Crippen molar-refractivity contribution in [2.24, 2.45) is 0 Å². The Hall–Kier alpha value is -3.00. The van der Waals surface area contributed by atoms with Gasteiger partial charge in [0.25, 0.3) is 5.91 Å². The monoisotopic (exact) mass is 365 g/mol. The van der Waals surface area contributed by atoms with Crippen molar-refractivity contribution in [3.05, 3.63) is 54.1 Å². The first kappa shape index (κ1) is 17.4. The van der Waals surface area contributed by atoms with Gasteiger partial charge in [-0.05, 0) is 52.0 Å². The fourth-order valence-electron chi connectivity index (χ4n) is 3.47. The maximum atomic E-state index is 12.8. The molecule has 0 atom stereocenters. The molecule has 0 bridgehead atoms. The predicted octanol–water partition coefficient (Wildman–Crippen LogP) is 2.29. The Morgan fingerprint density at radius 2 is 1.96 bits per heavy atom. The van der Waals surface area contributed by atoms with Crippen LogP contribution in [0.1, 0.15) is 34.9 Å². The van der Waals surface area contributed by atoms with Crippen LogP contribution in [0.4, 0.5) is 5.82 Å². The van der Waals surface area contributed by atoms with Crippen molar-refractivity contribution in [3.63, 3.8) is 0 Å². The summed E-state index contributed by atoms with van der Waals surface area (Å²) in [6, 6.07) is 7.75. The lowest BCUT2D eigenvalue weighted by atomic mass is 10.1. The first-order valence-electron chi connectivity index (χ1n) is 9.13. The summed E-state index contributed by atoms with van der Waals surface area (Å²) in [5, 5.41) is 11.8. The Bertz CT molecular complexity index is 923. The van der Waals surface area contributed by atoms with Gasteiger partial charge < -0.3 is 10.2 Å². The van der Waals surface area contributed by atoms with Gasteiger partial charge in [0, 0.05) is 12.3 Å². The highest BCUT2D eigenvalue weighted by atomic mass is 16.1. The second-order valence-electron chi connectivity index (χ2n) is 6.89. The number of piperidine rings is 1. The van der Waals surface area contributed by atoms with E-state index in [0.717, 1.165) is 37.4 Å². The minimum absolute atomic E-state index is 0.190. The second kappa shape index (κ2) is 7.32. The van der Waals surface area contributed by atoms with Crippen molar-refractivity contribution in [1.82, 2.24) is 29.4 Å². The summed E-state index contributed by atoms with van der Waals surface area (Å²) in [4.78, 5) is 19.4. The summed E-state index contributed by atoms with van der Waals surface area (Å²) in [5.41, 5.74) is 1.27. The van der Waals surface area contributed by atoms with E-state index in [9.17, 15) is 4.79 Å². The third-order valence-corrected chi connectivity index (χ3v) is 5.07. The SMILES string of the molecule is Cc1c(C(=O)Nc2ccnn2C2CCN(C)CC2)cnn1-c1ccccn1. The van der Waals surface area contributed by atoms with Crippen molar-refractivity contribution in [2.45, 2.75) is 25.8 Å². The number of carbonyl (C=O) groups is 1. The Labute approximate surface area is 157 Å². The summed E-state index contributed by atoms with van der Waals surface area (Å²) in [5.74, 6) is 1.22. The zero-order chi connectivity index (χ0) is 18.8. The van der Waals surface area contributed by atoms with Crippen molar-refractivity contribution in [1.29, 1.82) is 0 Å². The number of nitrogens with one attached hydrogen (secondary N) is 1. The summed E-state index contributed by atoms with van der Waals surface area (Å²) in [7, 11) is 2.13. The highest BCUT2D eigenvalue weighted by Crippen LogP contribution is 2.25. The second-order valence-corrected chi connectivity index (χ2v) is 6.89. The van der Waals surface area contributed by atoms with E-state index in [-0.39, 0.29) is 5.91 Å². The number of rotatable bonds is 4. The maximum absolute atomic E-state index is 12.8. The van der Waals surface area contributed by atoms with Gasteiger partial charge in [0.2, 0.25) is 0 Å². The van der Waals surface area contributed by atoms with Crippen LogP contribution in [0.5, 0.6) is 0 Å². The van der Waals surface area contributed by atoms with Gasteiger partial charge in [-0.2, -0.15) is 10.2 Å². The normalized spacial score (nSPS) is 15.8. The third-order valence-electron chi connectivity index (χ3n) is 5.07. The quantitative estimate of drug-likeness (QED) is 0.767. The first-order chi connectivity index (χ1) is 13.1. The van der Waals surface area contributed by atoms with Gasteiger partial charge in [-0.3, -0.25) is 4.79 Å². The van der Waals surface area contributed by atoms with Crippen LogP contribution < -0.4 is 5.32 Å². The summed E-state index contributed by atoms with van der Waals surface area (Å²) >= 11 is 0. The smallest absolute Gasteiger partial charge is 0.260 e. The highest BCUT2D eigenvalue weighted by Gasteiger charge is 2.22. The molecule has 140 valence electrons. The largest absolute Gasteiger partial charge is 0.307 e. The van der Waals surface area contributed by atoms with Gasteiger partial charge in [0.05, 0.1) is 29.7 Å². The predicted molar refractivity (Wildman–Crippen MR) is 102 cm³/mol.